The summed E-state index contributed by atoms with van der Waals surface area (Å²) in [5, 5.41) is 3.01. The van der Waals surface area contributed by atoms with E-state index >= 15 is 0 Å². The van der Waals surface area contributed by atoms with Crippen LogP contribution in [0.3, 0.4) is 0 Å². The van der Waals surface area contributed by atoms with Crippen molar-refractivity contribution in [3.05, 3.63) is 75.7 Å². The molecule has 0 aliphatic rings. The molecule has 1 N–H and O–H groups in total. The van der Waals surface area contributed by atoms with Crippen LogP contribution in [0.1, 0.15) is 42.0 Å². The van der Waals surface area contributed by atoms with Gasteiger partial charge in [-0.05, 0) is 55.7 Å². The molecular weight excluding hydrogens is 404 g/mol. The molecule has 4 nitrogen and oxygen atoms in total. The largest absolute Gasteiger partial charge is 0.441 e. The van der Waals surface area contributed by atoms with Gasteiger partial charge in [0, 0.05) is 22.9 Å². The highest BCUT2D eigenvalue weighted by molar-refractivity contribution is 9.10. The fourth-order valence-electron chi connectivity index (χ4n) is 2.82. The zero-order valence-corrected chi connectivity index (χ0v) is 17.3. The highest BCUT2D eigenvalue weighted by Crippen LogP contribution is 2.23. The summed E-state index contributed by atoms with van der Waals surface area (Å²) in [6.07, 6.45) is 2.54. The number of amides is 1. The predicted molar refractivity (Wildman–Crippen MR) is 110 cm³/mol. The van der Waals surface area contributed by atoms with Gasteiger partial charge in [-0.1, -0.05) is 40.2 Å². The number of aromatic nitrogens is 1. The minimum Gasteiger partial charge on any atom is -0.441 e. The summed E-state index contributed by atoms with van der Waals surface area (Å²) in [6.45, 7) is 6.13. The van der Waals surface area contributed by atoms with Crippen molar-refractivity contribution < 1.29 is 9.21 Å². The highest BCUT2D eigenvalue weighted by atomic mass is 79.9. The highest BCUT2D eigenvalue weighted by Gasteiger charge is 2.12. The molecule has 1 atom stereocenters. The van der Waals surface area contributed by atoms with Crippen LogP contribution in [-0.4, -0.2) is 10.9 Å². The molecule has 0 spiro atoms. The Morgan fingerprint density at radius 1 is 1.15 bits per heavy atom. The van der Waals surface area contributed by atoms with Crippen LogP contribution in [0.5, 0.6) is 0 Å². The molecule has 140 valence electrons. The van der Waals surface area contributed by atoms with Crippen molar-refractivity contribution in [1.82, 2.24) is 10.3 Å². The predicted octanol–water partition coefficient (Wildman–Crippen LogP) is 5.53. The Hall–Kier alpha value is -2.40. The quantitative estimate of drug-likeness (QED) is 0.563. The van der Waals surface area contributed by atoms with E-state index in [-0.39, 0.29) is 11.9 Å². The number of benzene rings is 2. The maximum absolute atomic E-state index is 12.2. The SMILES string of the molecule is Cc1ccc(-c2cnc(CCC(=O)N[C@@H](C)c3ccc(Br)cc3)o2)cc1C. The van der Waals surface area contributed by atoms with E-state index in [9.17, 15) is 4.79 Å². The van der Waals surface area contributed by atoms with E-state index < -0.39 is 0 Å². The monoisotopic (exact) mass is 426 g/mol. The third-order valence-electron chi connectivity index (χ3n) is 4.66. The molecule has 3 rings (SSSR count). The number of oxazole rings is 1. The number of rotatable bonds is 6. The summed E-state index contributed by atoms with van der Waals surface area (Å²) in [5.74, 6) is 1.29. The Bertz CT molecular complexity index is 932. The standard InChI is InChI=1S/C22H23BrN2O2/c1-14-4-5-18(12-15(14)2)20-13-24-22(27-20)11-10-21(26)25-16(3)17-6-8-19(23)9-7-17/h4-9,12-13,16H,10-11H2,1-3H3,(H,25,26)/t16-/m0/s1. The van der Waals surface area contributed by atoms with Crippen LogP contribution >= 0.6 is 15.9 Å². The molecule has 1 aromatic heterocycles. The van der Waals surface area contributed by atoms with Crippen molar-refractivity contribution in [3.8, 4) is 11.3 Å². The number of carbonyl (C=O) groups excluding carboxylic acids is 1. The molecule has 0 radical (unpaired) electrons. The second kappa shape index (κ2) is 8.53. The van der Waals surface area contributed by atoms with Gasteiger partial charge in [-0.2, -0.15) is 0 Å². The Balaban J connectivity index is 1.55. The molecule has 0 fully saturated rings. The van der Waals surface area contributed by atoms with E-state index in [1.807, 2.05) is 37.3 Å². The van der Waals surface area contributed by atoms with E-state index in [4.69, 9.17) is 4.42 Å². The van der Waals surface area contributed by atoms with Crippen molar-refractivity contribution in [2.24, 2.45) is 0 Å². The van der Waals surface area contributed by atoms with Gasteiger partial charge in [0.2, 0.25) is 5.91 Å². The first-order valence-electron chi connectivity index (χ1n) is 8.99. The molecule has 27 heavy (non-hydrogen) atoms. The van der Waals surface area contributed by atoms with E-state index in [2.05, 4.69) is 52.2 Å². The first kappa shape index (κ1) is 19.4. The molecule has 1 heterocycles. The van der Waals surface area contributed by atoms with Crippen molar-refractivity contribution in [2.45, 2.75) is 39.7 Å². The molecule has 0 aliphatic carbocycles. The van der Waals surface area contributed by atoms with Crippen LogP contribution in [-0.2, 0) is 11.2 Å². The van der Waals surface area contributed by atoms with Crippen molar-refractivity contribution in [1.29, 1.82) is 0 Å². The molecule has 3 aromatic rings. The minimum absolute atomic E-state index is 0.0173. The average Bonchev–Trinajstić information content (AvgIpc) is 3.12. The first-order valence-corrected chi connectivity index (χ1v) is 9.79. The zero-order valence-electron chi connectivity index (χ0n) is 15.8. The summed E-state index contributed by atoms with van der Waals surface area (Å²) >= 11 is 3.42. The normalized spacial score (nSPS) is 12.0. The Morgan fingerprint density at radius 3 is 2.59 bits per heavy atom. The molecule has 0 unspecified atom stereocenters. The topological polar surface area (TPSA) is 55.1 Å². The second-order valence-corrected chi connectivity index (χ2v) is 7.67. The van der Waals surface area contributed by atoms with Crippen LogP contribution in [0.2, 0.25) is 0 Å². The van der Waals surface area contributed by atoms with Crippen LogP contribution in [0.4, 0.5) is 0 Å². The first-order chi connectivity index (χ1) is 12.9. The van der Waals surface area contributed by atoms with Gasteiger partial charge in [0.25, 0.3) is 0 Å². The van der Waals surface area contributed by atoms with Gasteiger partial charge in [-0.15, -0.1) is 0 Å². The molecule has 0 bridgehead atoms. The Kier molecular flexibility index (Phi) is 6.11. The lowest BCUT2D eigenvalue weighted by molar-refractivity contribution is -0.121. The summed E-state index contributed by atoms with van der Waals surface area (Å²) in [4.78, 5) is 16.5. The average molecular weight is 427 g/mol. The fourth-order valence-corrected chi connectivity index (χ4v) is 3.09. The smallest absolute Gasteiger partial charge is 0.220 e. The summed E-state index contributed by atoms with van der Waals surface area (Å²) in [7, 11) is 0. The van der Waals surface area contributed by atoms with Gasteiger partial charge in [-0.3, -0.25) is 4.79 Å². The molecule has 2 aromatic carbocycles. The maximum atomic E-state index is 12.2. The number of aryl methyl sites for hydroxylation is 3. The molecular formula is C22H23BrN2O2. The number of carbonyl (C=O) groups is 1. The van der Waals surface area contributed by atoms with Crippen molar-refractivity contribution >= 4 is 21.8 Å². The van der Waals surface area contributed by atoms with E-state index in [0.29, 0.717) is 18.7 Å². The molecule has 0 saturated heterocycles. The second-order valence-electron chi connectivity index (χ2n) is 6.76. The molecule has 5 heteroatoms. The van der Waals surface area contributed by atoms with Crippen molar-refractivity contribution in [2.75, 3.05) is 0 Å². The Labute approximate surface area is 168 Å². The number of halogens is 1. The van der Waals surface area contributed by atoms with Crippen molar-refractivity contribution in [3.63, 3.8) is 0 Å². The lowest BCUT2D eigenvalue weighted by atomic mass is 10.1. The van der Waals surface area contributed by atoms with E-state index in [0.717, 1.165) is 21.4 Å². The van der Waals surface area contributed by atoms with E-state index in [1.165, 1.54) is 11.1 Å². The van der Waals surface area contributed by atoms with Crippen LogP contribution in [0.15, 0.2) is 57.6 Å². The van der Waals surface area contributed by atoms with Gasteiger partial charge < -0.3 is 9.73 Å². The lowest BCUT2D eigenvalue weighted by Crippen LogP contribution is -2.26. The van der Waals surface area contributed by atoms with E-state index in [1.54, 1.807) is 6.20 Å². The third kappa shape index (κ3) is 5.07. The number of hydrogen-bond acceptors (Lipinski definition) is 3. The summed E-state index contributed by atoms with van der Waals surface area (Å²) in [5.41, 5.74) is 4.53. The number of hydrogen-bond donors (Lipinski definition) is 1. The lowest BCUT2D eigenvalue weighted by Gasteiger charge is -2.14. The molecule has 0 aliphatic heterocycles. The number of nitrogens with zero attached hydrogens (tertiary/aromatic N) is 1. The maximum Gasteiger partial charge on any atom is 0.220 e. The minimum atomic E-state index is -0.0405. The van der Waals surface area contributed by atoms with Gasteiger partial charge in [0.15, 0.2) is 11.7 Å². The van der Waals surface area contributed by atoms with Gasteiger partial charge in [0.05, 0.1) is 12.2 Å². The third-order valence-corrected chi connectivity index (χ3v) is 5.19. The van der Waals surface area contributed by atoms with Gasteiger partial charge >= 0.3 is 0 Å². The fraction of sp³-hybridized carbons (Fsp3) is 0.273. The molecule has 0 saturated carbocycles. The zero-order chi connectivity index (χ0) is 19.4. The van der Waals surface area contributed by atoms with Crippen LogP contribution in [0, 0.1) is 13.8 Å². The van der Waals surface area contributed by atoms with Gasteiger partial charge in [-0.25, -0.2) is 4.98 Å². The summed E-state index contributed by atoms with van der Waals surface area (Å²) < 4.78 is 6.84. The Morgan fingerprint density at radius 2 is 1.89 bits per heavy atom. The molecule has 1 amide bonds. The van der Waals surface area contributed by atoms with Crippen LogP contribution in [0.25, 0.3) is 11.3 Å². The van der Waals surface area contributed by atoms with Gasteiger partial charge in [0.1, 0.15) is 0 Å². The van der Waals surface area contributed by atoms with Crippen LogP contribution < -0.4 is 5.32 Å². The number of nitrogens with one attached hydrogen (secondary N) is 1. The summed E-state index contributed by atoms with van der Waals surface area (Å²) in [6, 6.07) is 14.1.